The SMILES string of the molecule is [2H]C([2H])(Oc1cccc2c1CN(C1CCC(=O)NC1=O)C2=O)c1cc(CN2CCOCC2)ccc1F. The highest BCUT2D eigenvalue weighted by Crippen LogP contribution is 2.34. The van der Waals surface area contributed by atoms with Gasteiger partial charge in [-0.05, 0) is 36.2 Å². The number of carbonyl (C=O) groups is 3. The molecular formula is C25H26FN3O5. The first kappa shape index (κ1) is 20.1. The summed E-state index contributed by atoms with van der Waals surface area (Å²) >= 11 is 0. The molecule has 5 rings (SSSR count). The van der Waals surface area contributed by atoms with Crippen LogP contribution in [0.5, 0.6) is 5.75 Å². The number of nitrogens with one attached hydrogen (secondary N) is 1. The average molecular weight is 470 g/mol. The van der Waals surface area contributed by atoms with Gasteiger partial charge < -0.3 is 14.4 Å². The van der Waals surface area contributed by atoms with Crippen molar-refractivity contribution in [2.24, 2.45) is 0 Å². The summed E-state index contributed by atoms with van der Waals surface area (Å²) in [5.41, 5.74) is 1.21. The average Bonchev–Trinajstić information content (AvgIpc) is 3.18. The fourth-order valence-corrected chi connectivity index (χ4v) is 4.53. The Morgan fingerprint density at radius 2 is 2.00 bits per heavy atom. The van der Waals surface area contributed by atoms with E-state index in [0.717, 1.165) is 18.7 Å². The lowest BCUT2D eigenvalue weighted by molar-refractivity contribution is -0.136. The summed E-state index contributed by atoms with van der Waals surface area (Å²) in [6.07, 6.45) is 0.338. The summed E-state index contributed by atoms with van der Waals surface area (Å²) < 4.78 is 42.9. The lowest BCUT2D eigenvalue weighted by Gasteiger charge is -2.29. The number of hydrogen-bond acceptors (Lipinski definition) is 6. The van der Waals surface area contributed by atoms with E-state index in [1.54, 1.807) is 18.2 Å². The van der Waals surface area contributed by atoms with Gasteiger partial charge in [-0.15, -0.1) is 0 Å². The van der Waals surface area contributed by atoms with Gasteiger partial charge in [-0.2, -0.15) is 0 Å². The Kier molecular flexibility index (Phi) is 5.63. The van der Waals surface area contributed by atoms with Crippen molar-refractivity contribution in [3.05, 3.63) is 64.5 Å². The zero-order chi connectivity index (χ0) is 25.4. The van der Waals surface area contributed by atoms with E-state index in [1.165, 1.54) is 23.1 Å². The molecule has 2 aromatic carbocycles. The smallest absolute Gasteiger partial charge is 0.255 e. The van der Waals surface area contributed by atoms with E-state index in [-0.39, 0.29) is 42.2 Å². The molecule has 2 fully saturated rings. The van der Waals surface area contributed by atoms with Crippen LogP contribution in [-0.4, -0.2) is 59.9 Å². The molecule has 178 valence electrons. The number of imide groups is 1. The molecular weight excluding hydrogens is 441 g/mol. The number of amides is 3. The van der Waals surface area contributed by atoms with Crippen molar-refractivity contribution >= 4 is 17.7 Å². The van der Waals surface area contributed by atoms with Crippen LogP contribution in [0.3, 0.4) is 0 Å². The van der Waals surface area contributed by atoms with Crippen LogP contribution in [0.1, 0.15) is 42.6 Å². The highest BCUT2D eigenvalue weighted by Gasteiger charge is 2.40. The lowest BCUT2D eigenvalue weighted by Crippen LogP contribution is -2.52. The number of hydrogen-bond donors (Lipinski definition) is 1. The second-order valence-corrected chi connectivity index (χ2v) is 8.59. The second kappa shape index (κ2) is 9.52. The molecule has 3 aliphatic rings. The summed E-state index contributed by atoms with van der Waals surface area (Å²) in [7, 11) is 0. The normalized spacial score (nSPS) is 22.2. The number of nitrogens with zero attached hydrogens (tertiary/aromatic N) is 2. The van der Waals surface area contributed by atoms with Crippen molar-refractivity contribution < 1.29 is 31.0 Å². The molecule has 1 N–H and O–H groups in total. The first-order chi connectivity index (χ1) is 17.2. The Hall–Kier alpha value is -3.30. The zero-order valence-corrected chi connectivity index (χ0v) is 18.5. The predicted octanol–water partition coefficient (Wildman–Crippen LogP) is 2.00. The molecule has 0 aromatic heterocycles. The standard InChI is InChI=1S/C25H26FN3O5/c26-20-5-4-16(13-28-8-10-33-11-9-28)12-17(20)15-34-22-3-1-2-18-19(22)14-29(25(18)32)21-6-7-23(30)27-24(21)31/h1-5,12,21H,6-11,13-15H2,(H,27,30,31)/i15D2. The first-order valence-electron chi connectivity index (χ1n) is 12.3. The monoisotopic (exact) mass is 469 g/mol. The van der Waals surface area contributed by atoms with Gasteiger partial charge in [0.15, 0.2) is 0 Å². The number of rotatable bonds is 6. The minimum absolute atomic E-state index is 0.0201. The molecule has 3 heterocycles. The third-order valence-electron chi connectivity index (χ3n) is 6.35. The van der Waals surface area contributed by atoms with Gasteiger partial charge in [-0.1, -0.05) is 12.1 Å². The fraction of sp³-hybridized carbons (Fsp3) is 0.400. The first-order valence-corrected chi connectivity index (χ1v) is 11.3. The molecule has 2 saturated heterocycles. The Morgan fingerprint density at radius 3 is 2.79 bits per heavy atom. The summed E-state index contributed by atoms with van der Waals surface area (Å²) in [5.74, 6) is -1.96. The Balaban J connectivity index is 1.38. The van der Waals surface area contributed by atoms with Crippen LogP contribution in [0.4, 0.5) is 4.39 Å². The van der Waals surface area contributed by atoms with Gasteiger partial charge in [0.25, 0.3) is 5.91 Å². The Morgan fingerprint density at radius 1 is 1.18 bits per heavy atom. The van der Waals surface area contributed by atoms with E-state index in [1.807, 2.05) is 0 Å². The van der Waals surface area contributed by atoms with Gasteiger partial charge in [0, 0.05) is 42.7 Å². The summed E-state index contributed by atoms with van der Waals surface area (Å²) in [4.78, 5) is 40.4. The third kappa shape index (κ3) is 4.53. The van der Waals surface area contributed by atoms with Crippen LogP contribution in [0.15, 0.2) is 36.4 Å². The second-order valence-electron chi connectivity index (χ2n) is 8.59. The molecule has 9 heteroatoms. The van der Waals surface area contributed by atoms with Crippen molar-refractivity contribution in [2.45, 2.75) is 38.5 Å². The number of halogens is 1. The highest BCUT2D eigenvalue weighted by molar-refractivity contribution is 6.05. The number of piperidine rings is 1. The number of morpholine rings is 1. The van der Waals surface area contributed by atoms with Gasteiger partial charge in [0.1, 0.15) is 24.2 Å². The van der Waals surface area contributed by atoms with E-state index in [0.29, 0.717) is 25.3 Å². The quantitative estimate of drug-likeness (QED) is 0.652. The van der Waals surface area contributed by atoms with Crippen molar-refractivity contribution in [3.63, 3.8) is 0 Å². The maximum atomic E-state index is 14.8. The molecule has 34 heavy (non-hydrogen) atoms. The van der Waals surface area contributed by atoms with E-state index < -0.39 is 30.2 Å². The molecule has 0 bridgehead atoms. The van der Waals surface area contributed by atoms with Crippen LogP contribution >= 0.6 is 0 Å². The predicted molar refractivity (Wildman–Crippen MR) is 119 cm³/mol. The van der Waals surface area contributed by atoms with Gasteiger partial charge in [0.05, 0.1) is 22.5 Å². The zero-order valence-electron chi connectivity index (χ0n) is 20.5. The van der Waals surface area contributed by atoms with Gasteiger partial charge in [-0.3, -0.25) is 24.6 Å². The van der Waals surface area contributed by atoms with Crippen molar-refractivity contribution in [1.29, 1.82) is 0 Å². The molecule has 0 saturated carbocycles. The van der Waals surface area contributed by atoms with E-state index >= 15 is 0 Å². The van der Waals surface area contributed by atoms with Crippen LogP contribution in [-0.2, 0) is 34.0 Å². The number of benzene rings is 2. The highest BCUT2D eigenvalue weighted by atomic mass is 19.1. The largest absolute Gasteiger partial charge is 0.488 e. The molecule has 3 amide bonds. The topological polar surface area (TPSA) is 88.2 Å². The molecule has 1 atom stereocenters. The minimum atomic E-state index is -2.52. The summed E-state index contributed by atoms with van der Waals surface area (Å²) in [6, 6.07) is 8.18. The van der Waals surface area contributed by atoms with Gasteiger partial charge in [0.2, 0.25) is 11.8 Å². The van der Waals surface area contributed by atoms with Crippen molar-refractivity contribution in [1.82, 2.24) is 15.1 Å². The number of fused-ring (bicyclic) bond motifs is 1. The van der Waals surface area contributed by atoms with E-state index in [9.17, 15) is 18.8 Å². The number of ether oxygens (including phenoxy) is 2. The molecule has 1 unspecified atom stereocenters. The van der Waals surface area contributed by atoms with E-state index in [4.69, 9.17) is 12.2 Å². The molecule has 8 nitrogen and oxygen atoms in total. The fourth-order valence-electron chi connectivity index (χ4n) is 4.53. The summed E-state index contributed by atoms with van der Waals surface area (Å²) in [6.45, 7) is 0.742. The van der Waals surface area contributed by atoms with Crippen LogP contribution in [0.25, 0.3) is 0 Å². The van der Waals surface area contributed by atoms with Gasteiger partial charge >= 0.3 is 0 Å². The van der Waals surface area contributed by atoms with Gasteiger partial charge in [-0.25, -0.2) is 4.39 Å². The molecule has 0 radical (unpaired) electrons. The Bertz CT molecular complexity index is 1220. The Labute approximate surface area is 199 Å². The van der Waals surface area contributed by atoms with Crippen molar-refractivity contribution in [2.75, 3.05) is 26.3 Å². The number of carbonyl (C=O) groups excluding carboxylic acids is 3. The van der Waals surface area contributed by atoms with Crippen LogP contribution < -0.4 is 10.1 Å². The molecule has 0 spiro atoms. The molecule has 3 aliphatic heterocycles. The van der Waals surface area contributed by atoms with E-state index in [2.05, 4.69) is 10.2 Å². The molecule has 2 aromatic rings. The minimum Gasteiger partial charge on any atom is -0.488 e. The van der Waals surface area contributed by atoms with Crippen molar-refractivity contribution in [3.8, 4) is 5.75 Å². The summed E-state index contributed by atoms with van der Waals surface area (Å²) in [5, 5.41) is 2.25. The maximum absolute atomic E-state index is 14.8. The molecule has 0 aliphatic carbocycles. The van der Waals surface area contributed by atoms with Crippen LogP contribution in [0.2, 0.25) is 0 Å². The lowest BCUT2D eigenvalue weighted by atomic mass is 10.0. The maximum Gasteiger partial charge on any atom is 0.255 e. The van der Waals surface area contributed by atoms with Crippen LogP contribution in [0, 0.1) is 5.82 Å². The third-order valence-corrected chi connectivity index (χ3v) is 6.35.